The van der Waals surface area contributed by atoms with Crippen LogP contribution < -0.4 is 19.5 Å². The highest BCUT2D eigenvalue weighted by atomic mass is 16.7. The first kappa shape index (κ1) is 18.5. The summed E-state index contributed by atoms with van der Waals surface area (Å²) in [6, 6.07) is 19.3. The zero-order valence-electron chi connectivity index (χ0n) is 16.7. The first-order chi connectivity index (χ1) is 14.7. The number of para-hydroxylation sites is 1. The minimum absolute atomic E-state index is 0.0386. The highest BCUT2D eigenvalue weighted by Crippen LogP contribution is 2.51. The summed E-state index contributed by atoms with van der Waals surface area (Å²) in [5.74, 6) is 2.76. The zero-order valence-corrected chi connectivity index (χ0v) is 16.7. The molecule has 1 aromatic heterocycles. The molecule has 6 heteroatoms. The standard InChI is InChI=1S/C24H22N2O4/c1-28-19-7-3-2-5-16(19)13-18-6-4-8-22(25-18)26-23(27)24(11-12-24)17-9-10-20-21(14-17)30-15-29-20/h2-10,14H,11-13,15H2,1H3,(H,25,26,27). The van der Waals surface area contributed by atoms with Crippen molar-refractivity contribution in [3.8, 4) is 17.2 Å². The average molecular weight is 402 g/mol. The fraction of sp³-hybridized carbons (Fsp3) is 0.250. The van der Waals surface area contributed by atoms with Gasteiger partial charge in [-0.2, -0.15) is 0 Å². The largest absolute Gasteiger partial charge is 0.496 e. The van der Waals surface area contributed by atoms with Gasteiger partial charge >= 0.3 is 0 Å². The summed E-state index contributed by atoms with van der Waals surface area (Å²) in [5, 5.41) is 3.01. The number of nitrogens with zero attached hydrogens (tertiary/aromatic N) is 1. The third-order valence-corrected chi connectivity index (χ3v) is 5.72. The number of carbonyl (C=O) groups is 1. The molecule has 0 saturated heterocycles. The summed E-state index contributed by atoms with van der Waals surface area (Å²) < 4.78 is 16.3. The maximum Gasteiger partial charge on any atom is 0.236 e. The van der Waals surface area contributed by atoms with Crippen molar-refractivity contribution in [2.24, 2.45) is 0 Å². The van der Waals surface area contributed by atoms with Crippen LogP contribution in [0.5, 0.6) is 17.2 Å². The molecule has 1 fully saturated rings. The Hall–Kier alpha value is -3.54. The molecule has 0 bridgehead atoms. The van der Waals surface area contributed by atoms with Crippen LogP contribution in [0.3, 0.4) is 0 Å². The molecule has 1 amide bonds. The van der Waals surface area contributed by atoms with E-state index in [0.29, 0.717) is 18.0 Å². The summed E-state index contributed by atoms with van der Waals surface area (Å²) in [5.41, 5.74) is 2.34. The number of benzene rings is 2. The molecule has 5 rings (SSSR count). The number of aromatic nitrogens is 1. The molecule has 2 aromatic carbocycles. The SMILES string of the molecule is COc1ccccc1Cc1cccc(NC(=O)C2(c3ccc4c(c3)OCO4)CC2)n1. The number of carbonyl (C=O) groups excluding carboxylic acids is 1. The Bertz CT molecular complexity index is 1110. The van der Waals surface area contributed by atoms with Gasteiger partial charge in [0.2, 0.25) is 12.7 Å². The fourth-order valence-corrected chi connectivity index (χ4v) is 3.89. The van der Waals surface area contributed by atoms with E-state index in [1.165, 1.54) is 0 Å². The normalized spacial score (nSPS) is 15.5. The topological polar surface area (TPSA) is 69.7 Å². The van der Waals surface area contributed by atoms with Crippen molar-refractivity contribution >= 4 is 11.7 Å². The van der Waals surface area contributed by atoms with E-state index in [9.17, 15) is 4.79 Å². The van der Waals surface area contributed by atoms with E-state index in [4.69, 9.17) is 14.2 Å². The van der Waals surface area contributed by atoms with Crippen LogP contribution in [-0.4, -0.2) is 24.8 Å². The molecule has 0 atom stereocenters. The van der Waals surface area contributed by atoms with Gasteiger partial charge in [0.15, 0.2) is 11.5 Å². The molecular weight excluding hydrogens is 380 g/mol. The van der Waals surface area contributed by atoms with Crippen LogP contribution in [0.4, 0.5) is 5.82 Å². The van der Waals surface area contributed by atoms with Gasteiger partial charge in [-0.3, -0.25) is 4.79 Å². The minimum Gasteiger partial charge on any atom is -0.496 e. The van der Waals surface area contributed by atoms with E-state index in [-0.39, 0.29) is 12.7 Å². The molecule has 30 heavy (non-hydrogen) atoms. The number of anilines is 1. The molecule has 3 aromatic rings. The summed E-state index contributed by atoms with van der Waals surface area (Å²) in [7, 11) is 1.66. The number of hydrogen-bond acceptors (Lipinski definition) is 5. The molecule has 2 heterocycles. The van der Waals surface area contributed by atoms with E-state index in [1.807, 2.05) is 60.7 Å². The van der Waals surface area contributed by atoms with Crippen LogP contribution in [0.25, 0.3) is 0 Å². The van der Waals surface area contributed by atoms with Gasteiger partial charge in [-0.25, -0.2) is 4.98 Å². The Balaban J connectivity index is 1.33. The van der Waals surface area contributed by atoms with Gasteiger partial charge in [-0.15, -0.1) is 0 Å². The Labute approximate surface area is 174 Å². The van der Waals surface area contributed by atoms with E-state index >= 15 is 0 Å². The van der Waals surface area contributed by atoms with Gasteiger partial charge in [0, 0.05) is 17.7 Å². The molecule has 0 spiro atoms. The third-order valence-electron chi connectivity index (χ3n) is 5.72. The first-order valence-corrected chi connectivity index (χ1v) is 9.97. The van der Waals surface area contributed by atoms with Crippen molar-refractivity contribution in [2.75, 3.05) is 19.2 Å². The van der Waals surface area contributed by atoms with Crippen molar-refractivity contribution in [3.63, 3.8) is 0 Å². The second-order valence-corrected chi connectivity index (χ2v) is 7.61. The zero-order chi connectivity index (χ0) is 20.6. The van der Waals surface area contributed by atoms with E-state index in [1.54, 1.807) is 7.11 Å². The van der Waals surface area contributed by atoms with Crippen molar-refractivity contribution in [3.05, 3.63) is 77.5 Å². The number of fused-ring (bicyclic) bond motifs is 1. The Morgan fingerprint density at radius 3 is 2.73 bits per heavy atom. The van der Waals surface area contributed by atoms with E-state index < -0.39 is 5.41 Å². The number of amides is 1. The molecule has 1 aliphatic heterocycles. The van der Waals surface area contributed by atoms with Crippen LogP contribution in [0.2, 0.25) is 0 Å². The summed E-state index contributed by atoms with van der Waals surface area (Å²) in [6.45, 7) is 0.223. The monoisotopic (exact) mass is 402 g/mol. The van der Waals surface area contributed by atoms with Gasteiger partial charge in [0.1, 0.15) is 11.6 Å². The lowest BCUT2D eigenvalue weighted by molar-refractivity contribution is -0.118. The fourth-order valence-electron chi connectivity index (χ4n) is 3.89. The Kier molecular flexibility index (Phi) is 4.54. The lowest BCUT2D eigenvalue weighted by Crippen LogP contribution is -2.28. The number of methoxy groups -OCH3 is 1. The lowest BCUT2D eigenvalue weighted by Gasteiger charge is -2.16. The average Bonchev–Trinajstić information content (AvgIpc) is 3.45. The van der Waals surface area contributed by atoms with Crippen molar-refractivity contribution in [2.45, 2.75) is 24.7 Å². The predicted octanol–water partition coefficient (Wildman–Crippen LogP) is 4.08. The molecule has 152 valence electrons. The Morgan fingerprint density at radius 2 is 1.90 bits per heavy atom. The summed E-state index contributed by atoms with van der Waals surface area (Å²) in [6.07, 6.45) is 2.24. The van der Waals surface area contributed by atoms with E-state index in [2.05, 4.69) is 10.3 Å². The Morgan fingerprint density at radius 1 is 1.07 bits per heavy atom. The molecule has 2 aliphatic rings. The molecule has 6 nitrogen and oxygen atoms in total. The third kappa shape index (κ3) is 3.34. The quantitative estimate of drug-likeness (QED) is 0.673. The number of hydrogen-bond donors (Lipinski definition) is 1. The van der Waals surface area contributed by atoms with Gasteiger partial charge in [-0.1, -0.05) is 30.3 Å². The lowest BCUT2D eigenvalue weighted by atomic mass is 9.94. The number of ether oxygens (including phenoxy) is 3. The van der Waals surface area contributed by atoms with Crippen LogP contribution in [0, 0.1) is 0 Å². The predicted molar refractivity (Wildman–Crippen MR) is 112 cm³/mol. The second-order valence-electron chi connectivity index (χ2n) is 7.61. The van der Waals surface area contributed by atoms with Gasteiger partial charge < -0.3 is 19.5 Å². The molecule has 1 N–H and O–H groups in total. The van der Waals surface area contributed by atoms with Crippen LogP contribution in [0.1, 0.15) is 29.7 Å². The summed E-state index contributed by atoms with van der Waals surface area (Å²) >= 11 is 0. The number of rotatable bonds is 6. The molecular formula is C24H22N2O4. The van der Waals surface area contributed by atoms with Crippen LogP contribution in [-0.2, 0) is 16.6 Å². The minimum atomic E-state index is -0.526. The first-order valence-electron chi connectivity index (χ1n) is 9.97. The van der Waals surface area contributed by atoms with Crippen molar-refractivity contribution in [1.82, 2.24) is 4.98 Å². The van der Waals surface area contributed by atoms with Gasteiger partial charge in [0.05, 0.1) is 12.5 Å². The van der Waals surface area contributed by atoms with Crippen LogP contribution >= 0.6 is 0 Å². The maximum absolute atomic E-state index is 13.1. The van der Waals surface area contributed by atoms with Crippen LogP contribution in [0.15, 0.2) is 60.7 Å². The van der Waals surface area contributed by atoms with E-state index in [0.717, 1.165) is 41.2 Å². The highest BCUT2D eigenvalue weighted by Gasteiger charge is 2.51. The molecule has 1 aliphatic carbocycles. The molecule has 0 unspecified atom stereocenters. The second kappa shape index (κ2) is 7.37. The van der Waals surface area contributed by atoms with Gasteiger partial charge in [-0.05, 0) is 48.7 Å². The summed E-state index contributed by atoms with van der Waals surface area (Å²) in [4.78, 5) is 17.8. The van der Waals surface area contributed by atoms with Crippen molar-refractivity contribution < 1.29 is 19.0 Å². The number of nitrogens with one attached hydrogen (secondary N) is 1. The maximum atomic E-state index is 13.1. The highest BCUT2D eigenvalue weighted by molar-refractivity contribution is 6.01. The van der Waals surface area contributed by atoms with Crippen molar-refractivity contribution in [1.29, 1.82) is 0 Å². The smallest absolute Gasteiger partial charge is 0.236 e. The number of pyridine rings is 1. The van der Waals surface area contributed by atoms with Gasteiger partial charge in [0.25, 0.3) is 0 Å². The molecule has 0 radical (unpaired) electrons. The molecule has 1 saturated carbocycles.